The minimum absolute atomic E-state index is 0.0189. The van der Waals surface area contributed by atoms with E-state index in [1.807, 2.05) is 29.2 Å². The lowest BCUT2D eigenvalue weighted by atomic mass is 10.1. The normalized spacial score (nSPS) is 20.7. The van der Waals surface area contributed by atoms with Crippen molar-refractivity contribution in [1.82, 2.24) is 15.1 Å². The molecule has 0 aliphatic carbocycles. The fourth-order valence-corrected chi connectivity index (χ4v) is 4.51. The molecule has 4 rings (SSSR count). The molecule has 1 unspecified atom stereocenters. The van der Waals surface area contributed by atoms with E-state index < -0.39 is 6.04 Å². The summed E-state index contributed by atoms with van der Waals surface area (Å²) in [6, 6.07) is 6.90. The number of rotatable bonds is 6. The van der Waals surface area contributed by atoms with Crippen molar-refractivity contribution >= 4 is 17.5 Å². The van der Waals surface area contributed by atoms with Crippen LogP contribution in [0.5, 0.6) is 5.75 Å². The molecule has 0 spiro atoms. The highest BCUT2D eigenvalue weighted by atomic mass is 16.5. The maximum absolute atomic E-state index is 13.3. The number of fused-ring (bicyclic) bond motifs is 1. The number of carbonyl (C=O) groups excluding carboxylic acids is 2. The van der Waals surface area contributed by atoms with E-state index >= 15 is 0 Å². The number of anilines is 1. The minimum atomic E-state index is -0.621. The van der Waals surface area contributed by atoms with E-state index in [9.17, 15) is 14.9 Å². The number of hydrogen-bond acceptors (Lipinski definition) is 6. The van der Waals surface area contributed by atoms with Crippen molar-refractivity contribution in [2.45, 2.75) is 44.6 Å². The highest BCUT2D eigenvalue weighted by molar-refractivity contribution is 5.88. The molecule has 33 heavy (non-hydrogen) atoms. The van der Waals surface area contributed by atoms with E-state index in [2.05, 4.69) is 15.5 Å². The smallest absolute Gasteiger partial charge is 0.300 e. The van der Waals surface area contributed by atoms with Gasteiger partial charge in [0.05, 0.1) is 25.8 Å². The van der Waals surface area contributed by atoms with Crippen molar-refractivity contribution in [3.63, 3.8) is 0 Å². The Labute approximate surface area is 193 Å². The molecule has 9 nitrogen and oxygen atoms in total. The van der Waals surface area contributed by atoms with Crippen LogP contribution < -0.4 is 15.4 Å². The van der Waals surface area contributed by atoms with E-state index in [0.717, 1.165) is 56.5 Å². The predicted molar refractivity (Wildman–Crippen MR) is 122 cm³/mol. The van der Waals surface area contributed by atoms with Gasteiger partial charge in [-0.1, -0.05) is 0 Å². The SMILES string of the molecule is [C-]#[N+]/C(C#N)=C(\Nc1ccc2c(c1)CCO2)NC1CCCCN(CC(=O)N2CCCC2)C1=O. The van der Waals surface area contributed by atoms with Gasteiger partial charge in [-0.05, 0) is 55.9 Å². The quantitative estimate of drug-likeness (QED) is 0.511. The fourth-order valence-electron chi connectivity index (χ4n) is 4.51. The Morgan fingerprint density at radius 2 is 2.03 bits per heavy atom. The van der Waals surface area contributed by atoms with Gasteiger partial charge in [-0.15, -0.1) is 0 Å². The van der Waals surface area contributed by atoms with Crippen LogP contribution in [0.3, 0.4) is 0 Å². The van der Waals surface area contributed by atoms with E-state index in [0.29, 0.717) is 25.3 Å². The zero-order valence-electron chi connectivity index (χ0n) is 18.6. The first kappa shape index (κ1) is 22.5. The average Bonchev–Trinajstić information content (AvgIpc) is 3.49. The van der Waals surface area contributed by atoms with E-state index in [4.69, 9.17) is 11.3 Å². The van der Waals surface area contributed by atoms with Gasteiger partial charge < -0.3 is 25.2 Å². The molecule has 1 aromatic carbocycles. The second-order valence-corrected chi connectivity index (χ2v) is 8.53. The molecule has 0 aromatic heterocycles. The summed E-state index contributed by atoms with van der Waals surface area (Å²) in [4.78, 5) is 32.7. The van der Waals surface area contributed by atoms with E-state index in [1.165, 1.54) is 0 Å². The van der Waals surface area contributed by atoms with Gasteiger partial charge in [0.25, 0.3) is 0 Å². The summed E-state index contributed by atoms with van der Waals surface area (Å²) in [6.45, 7) is 10.2. The molecule has 2 N–H and O–H groups in total. The number of hydrogen-bond donors (Lipinski definition) is 2. The van der Waals surface area contributed by atoms with Gasteiger partial charge >= 0.3 is 5.70 Å². The Kier molecular flexibility index (Phi) is 6.99. The van der Waals surface area contributed by atoms with Gasteiger partial charge in [0.1, 0.15) is 17.6 Å². The summed E-state index contributed by atoms with van der Waals surface area (Å²) in [5.74, 6) is 0.845. The molecule has 1 atom stereocenters. The van der Waals surface area contributed by atoms with Crippen LogP contribution in [0.25, 0.3) is 4.85 Å². The summed E-state index contributed by atoms with van der Waals surface area (Å²) in [5.41, 5.74) is 1.61. The number of allylic oxidation sites excluding steroid dienone is 1. The first-order valence-corrected chi connectivity index (χ1v) is 11.5. The van der Waals surface area contributed by atoms with E-state index in [1.54, 1.807) is 4.90 Å². The topological polar surface area (TPSA) is 102 Å². The Balaban J connectivity index is 1.50. The van der Waals surface area contributed by atoms with Crippen molar-refractivity contribution in [3.05, 3.63) is 46.7 Å². The number of nitriles is 1. The number of nitrogens with one attached hydrogen (secondary N) is 2. The van der Waals surface area contributed by atoms with Gasteiger partial charge in [-0.25, -0.2) is 10.1 Å². The molecular formula is C24H28N6O3. The summed E-state index contributed by atoms with van der Waals surface area (Å²) in [7, 11) is 0. The van der Waals surface area contributed by atoms with Crippen molar-refractivity contribution in [2.75, 3.05) is 38.1 Å². The predicted octanol–water partition coefficient (Wildman–Crippen LogP) is 2.24. The molecule has 172 valence electrons. The molecule has 2 saturated heterocycles. The third-order valence-electron chi connectivity index (χ3n) is 6.30. The third-order valence-corrected chi connectivity index (χ3v) is 6.30. The maximum Gasteiger partial charge on any atom is 0.300 e. The zero-order chi connectivity index (χ0) is 23.2. The summed E-state index contributed by atoms with van der Waals surface area (Å²) in [5, 5.41) is 15.8. The van der Waals surface area contributed by atoms with Crippen molar-refractivity contribution in [3.8, 4) is 11.8 Å². The number of amides is 2. The zero-order valence-corrected chi connectivity index (χ0v) is 18.6. The Morgan fingerprint density at radius 1 is 1.24 bits per heavy atom. The Hall–Kier alpha value is -3.72. The Bertz CT molecular complexity index is 1020. The van der Waals surface area contributed by atoms with Gasteiger partial charge in [0, 0.05) is 31.7 Å². The van der Waals surface area contributed by atoms with Crippen molar-refractivity contribution in [2.24, 2.45) is 0 Å². The van der Waals surface area contributed by atoms with Crippen LogP contribution in [0.15, 0.2) is 29.7 Å². The molecular weight excluding hydrogens is 420 g/mol. The van der Waals surface area contributed by atoms with Gasteiger partial charge in [-0.3, -0.25) is 9.59 Å². The van der Waals surface area contributed by atoms with Gasteiger partial charge in [-0.2, -0.15) is 0 Å². The number of likely N-dealkylation sites (tertiary alicyclic amines) is 2. The molecule has 9 heteroatoms. The lowest BCUT2D eigenvalue weighted by molar-refractivity contribution is -0.140. The minimum Gasteiger partial charge on any atom is -0.493 e. The van der Waals surface area contributed by atoms with Crippen LogP contribution in [-0.4, -0.2) is 60.4 Å². The van der Waals surface area contributed by atoms with Crippen LogP contribution in [-0.2, 0) is 16.0 Å². The van der Waals surface area contributed by atoms with Crippen molar-refractivity contribution in [1.29, 1.82) is 5.26 Å². The van der Waals surface area contributed by atoms with Crippen LogP contribution in [0.4, 0.5) is 5.69 Å². The lowest BCUT2D eigenvalue weighted by Crippen LogP contribution is -2.49. The molecule has 0 saturated carbocycles. The number of benzene rings is 1. The number of ether oxygens (including phenoxy) is 1. The van der Waals surface area contributed by atoms with Crippen LogP contribution in [0.2, 0.25) is 0 Å². The average molecular weight is 449 g/mol. The van der Waals surface area contributed by atoms with Crippen LogP contribution >= 0.6 is 0 Å². The first-order valence-electron chi connectivity index (χ1n) is 11.5. The summed E-state index contributed by atoms with van der Waals surface area (Å²) in [6.07, 6.45) is 4.99. The number of carbonyl (C=O) groups is 2. The molecule has 3 aliphatic heterocycles. The molecule has 0 radical (unpaired) electrons. The lowest BCUT2D eigenvalue weighted by Gasteiger charge is -2.28. The Morgan fingerprint density at radius 3 is 2.79 bits per heavy atom. The second-order valence-electron chi connectivity index (χ2n) is 8.53. The van der Waals surface area contributed by atoms with Crippen molar-refractivity contribution < 1.29 is 14.3 Å². The fraction of sp³-hybridized carbons (Fsp3) is 0.500. The van der Waals surface area contributed by atoms with Gasteiger partial charge in [0.2, 0.25) is 11.8 Å². The second kappa shape index (κ2) is 10.3. The van der Waals surface area contributed by atoms with Crippen LogP contribution in [0.1, 0.15) is 37.7 Å². The molecule has 0 bridgehead atoms. The summed E-state index contributed by atoms with van der Waals surface area (Å²) < 4.78 is 5.54. The molecule has 3 heterocycles. The highest BCUT2D eigenvalue weighted by Gasteiger charge is 2.31. The third kappa shape index (κ3) is 5.20. The molecule has 2 amide bonds. The molecule has 3 aliphatic rings. The summed E-state index contributed by atoms with van der Waals surface area (Å²) >= 11 is 0. The standard InChI is InChI=1S/C24H28N6O3/c1-26-20(15-25)23(27-18-7-8-21-17(14-18)9-13-33-21)28-19-6-2-3-12-30(24(19)32)16-22(31)29-10-4-5-11-29/h7-8,14,19,27-28H,2-6,9-13,16H2/b23-20+. The molecule has 1 aromatic rings. The largest absolute Gasteiger partial charge is 0.493 e. The highest BCUT2D eigenvalue weighted by Crippen LogP contribution is 2.28. The monoisotopic (exact) mass is 448 g/mol. The van der Waals surface area contributed by atoms with E-state index in [-0.39, 0.29) is 29.9 Å². The molecule has 2 fully saturated rings. The van der Waals surface area contributed by atoms with Crippen LogP contribution in [0, 0.1) is 17.9 Å². The van der Waals surface area contributed by atoms with Gasteiger partial charge in [0.15, 0.2) is 0 Å². The maximum atomic E-state index is 13.3. The number of nitrogens with zero attached hydrogens (tertiary/aromatic N) is 4. The first-order chi connectivity index (χ1) is 16.1.